The summed E-state index contributed by atoms with van der Waals surface area (Å²) in [7, 11) is 1.22. The van der Waals surface area contributed by atoms with E-state index in [0.717, 1.165) is 21.5 Å². The number of nitrogens with one attached hydrogen (secondary N) is 2. The van der Waals surface area contributed by atoms with E-state index in [1.54, 1.807) is 0 Å². The van der Waals surface area contributed by atoms with E-state index in [-0.39, 0.29) is 17.9 Å². The number of aliphatic carboxylic acids is 1. The molecule has 2 unspecified atom stereocenters. The molecular weight excluding hydrogens is 382 g/mol. The van der Waals surface area contributed by atoms with Gasteiger partial charge in [0.05, 0.1) is 19.1 Å². The van der Waals surface area contributed by atoms with Crippen molar-refractivity contribution in [2.75, 3.05) is 7.11 Å². The van der Waals surface area contributed by atoms with Crippen LogP contribution in [0, 0.1) is 0 Å². The predicted octanol–water partition coefficient (Wildman–Crippen LogP) is -0.295. The minimum Gasteiger partial charge on any atom is -0.479 e. The molecule has 9 nitrogen and oxygen atoms in total. The minimum absolute atomic E-state index is 0.0997. The third-order valence-electron chi connectivity index (χ3n) is 3.91. The van der Waals surface area contributed by atoms with Crippen molar-refractivity contribution in [1.29, 1.82) is 0 Å². The number of carbonyl (C=O) groups excluding carboxylic acids is 3. The molecule has 11 heteroatoms. The molecule has 3 atom stereocenters. The molecule has 0 saturated carbocycles. The Morgan fingerprint density at radius 1 is 1.38 bits per heavy atom. The molecule has 2 aliphatic heterocycles. The number of β-lactam (4-membered cyclic amide) rings is 1. The lowest BCUT2D eigenvalue weighted by molar-refractivity contribution is -0.161. The van der Waals surface area contributed by atoms with E-state index in [1.165, 1.54) is 23.9 Å². The molecule has 0 aromatic carbocycles. The zero-order chi connectivity index (χ0) is 18.8. The van der Waals surface area contributed by atoms with Gasteiger partial charge in [0, 0.05) is 4.88 Å². The summed E-state index contributed by atoms with van der Waals surface area (Å²) in [4.78, 5) is 54.5. The first-order valence-corrected chi connectivity index (χ1v) is 9.32. The number of hydroxylamine groups is 1. The Hall–Kier alpha value is -2.37. The molecule has 0 radical (unpaired) electrons. The first-order chi connectivity index (χ1) is 12.4. The lowest BCUT2D eigenvalue weighted by Crippen LogP contribution is -2.74. The van der Waals surface area contributed by atoms with E-state index < -0.39 is 35.2 Å². The van der Waals surface area contributed by atoms with Crippen LogP contribution in [0.15, 0.2) is 28.5 Å². The highest BCUT2D eigenvalue weighted by molar-refractivity contribution is 8.03. The topological polar surface area (TPSA) is 125 Å². The number of fused-ring (bicyclic) bond motifs is 1. The lowest BCUT2D eigenvalue weighted by atomic mass is 9.97. The van der Waals surface area contributed by atoms with Gasteiger partial charge in [0.15, 0.2) is 6.04 Å². The fourth-order valence-corrected chi connectivity index (χ4v) is 4.70. The molecular formula is C15H15N3O6S2. The van der Waals surface area contributed by atoms with Crippen molar-refractivity contribution in [3.05, 3.63) is 33.4 Å². The maximum absolute atomic E-state index is 12.4. The molecule has 1 aromatic rings. The largest absolute Gasteiger partial charge is 0.479 e. The standard InChI is InChI=1S/C15H15N3O6S2/c1-24-17-12(20)8-6-26-14-10(13(21)18(14)11(8)15(22)23)16-9(19)5-7-3-2-4-25-7/h2-4,6,10-11,14H,5H2,1H3,(H,16,19)(H,17,20)(H,22,23)/t10?,11?,14-/m1/s1. The summed E-state index contributed by atoms with van der Waals surface area (Å²) < 4.78 is 0. The van der Waals surface area contributed by atoms with Crippen molar-refractivity contribution in [1.82, 2.24) is 15.7 Å². The molecule has 3 amide bonds. The van der Waals surface area contributed by atoms with Crippen LogP contribution in [0.5, 0.6) is 0 Å². The highest BCUT2D eigenvalue weighted by atomic mass is 32.2. The van der Waals surface area contributed by atoms with Crippen LogP contribution in [-0.2, 0) is 30.4 Å². The summed E-state index contributed by atoms with van der Waals surface area (Å²) in [6.45, 7) is 0. The summed E-state index contributed by atoms with van der Waals surface area (Å²) in [5.74, 6) is -2.91. The van der Waals surface area contributed by atoms with E-state index in [2.05, 4.69) is 15.6 Å². The Labute approximate surface area is 156 Å². The van der Waals surface area contributed by atoms with Crippen LogP contribution >= 0.6 is 23.1 Å². The van der Waals surface area contributed by atoms with Crippen molar-refractivity contribution in [3.63, 3.8) is 0 Å². The molecule has 138 valence electrons. The third kappa shape index (κ3) is 3.32. The molecule has 1 aromatic heterocycles. The van der Waals surface area contributed by atoms with Gasteiger partial charge in [-0.3, -0.25) is 19.2 Å². The number of amides is 3. The normalized spacial score (nSPS) is 24.2. The van der Waals surface area contributed by atoms with Crippen LogP contribution in [0.2, 0.25) is 0 Å². The second-order valence-corrected chi connectivity index (χ2v) is 7.55. The van der Waals surface area contributed by atoms with Gasteiger partial charge in [0.2, 0.25) is 11.8 Å². The monoisotopic (exact) mass is 397 g/mol. The fourth-order valence-electron chi connectivity index (χ4n) is 2.77. The van der Waals surface area contributed by atoms with Crippen molar-refractivity contribution in [2.24, 2.45) is 0 Å². The molecule has 3 heterocycles. The number of nitrogens with zero attached hydrogens (tertiary/aromatic N) is 1. The minimum atomic E-state index is -1.42. The fraction of sp³-hybridized carbons (Fsp3) is 0.333. The van der Waals surface area contributed by atoms with Gasteiger partial charge in [0.25, 0.3) is 5.91 Å². The molecule has 0 aliphatic carbocycles. The van der Waals surface area contributed by atoms with Crippen molar-refractivity contribution in [3.8, 4) is 0 Å². The van der Waals surface area contributed by atoms with Gasteiger partial charge in [-0.15, -0.1) is 23.1 Å². The molecule has 1 saturated heterocycles. The average molecular weight is 397 g/mol. The number of thiophene rings is 1. The molecule has 0 spiro atoms. The maximum Gasteiger partial charge on any atom is 0.331 e. The Bertz CT molecular complexity index is 778. The average Bonchev–Trinajstić information content (AvgIpc) is 3.11. The van der Waals surface area contributed by atoms with Crippen LogP contribution in [0.25, 0.3) is 0 Å². The van der Waals surface area contributed by atoms with Gasteiger partial charge in [-0.25, -0.2) is 10.3 Å². The van der Waals surface area contributed by atoms with E-state index in [9.17, 15) is 24.3 Å². The first kappa shape index (κ1) is 18.4. The highest BCUT2D eigenvalue weighted by Gasteiger charge is 2.56. The number of carboxylic acids is 1. The molecule has 2 aliphatic rings. The molecule has 1 fully saturated rings. The second-order valence-electron chi connectivity index (χ2n) is 5.52. The van der Waals surface area contributed by atoms with E-state index >= 15 is 0 Å². The van der Waals surface area contributed by atoms with Crippen LogP contribution in [0.1, 0.15) is 4.88 Å². The van der Waals surface area contributed by atoms with Gasteiger partial charge in [-0.05, 0) is 16.9 Å². The van der Waals surface area contributed by atoms with Crippen molar-refractivity contribution < 1.29 is 29.1 Å². The predicted molar refractivity (Wildman–Crippen MR) is 92.8 cm³/mol. The number of carboxylic acid groups (broad SMARTS) is 1. The first-order valence-electron chi connectivity index (χ1n) is 7.49. The summed E-state index contributed by atoms with van der Waals surface area (Å²) in [5, 5.41) is 14.8. The smallest absolute Gasteiger partial charge is 0.331 e. The summed E-state index contributed by atoms with van der Waals surface area (Å²) >= 11 is 2.54. The van der Waals surface area contributed by atoms with Gasteiger partial charge in [0.1, 0.15) is 11.4 Å². The summed E-state index contributed by atoms with van der Waals surface area (Å²) in [5.41, 5.74) is 1.95. The zero-order valence-electron chi connectivity index (χ0n) is 13.5. The number of hydrogen-bond acceptors (Lipinski definition) is 7. The van der Waals surface area contributed by atoms with Crippen LogP contribution in [0.3, 0.4) is 0 Å². The second kappa shape index (κ2) is 7.48. The SMILES string of the molecule is CONC(=O)C1=CS[C@@H]2C(NC(=O)Cc3cccs3)C(=O)N2C1C(=O)O. The number of thioether (sulfide) groups is 1. The zero-order valence-corrected chi connectivity index (χ0v) is 15.1. The Morgan fingerprint density at radius 3 is 2.77 bits per heavy atom. The van der Waals surface area contributed by atoms with Crippen LogP contribution in [0.4, 0.5) is 0 Å². The van der Waals surface area contributed by atoms with E-state index in [1.807, 2.05) is 17.5 Å². The molecule has 3 N–H and O–H groups in total. The maximum atomic E-state index is 12.4. The van der Waals surface area contributed by atoms with Gasteiger partial charge < -0.3 is 15.3 Å². The number of hydrogen-bond donors (Lipinski definition) is 3. The molecule has 0 bridgehead atoms. The lowest BCUT2D eigenvalue weighted by Gasteiger charge is -2.51. The van der Waals surface area contributed by atoms with Crippen molar-refractivity contribution in [2.45, 2.75) is 23.9 Å². The molecule has 26 heavy (non-hydrogen) atoms. The number of rotatable bonds is 6. The van der Waals surface area contributed by atoms with Gasteiger partial charge in [-0.1, -0.05) is 6.07 Å². The Morgan fingerprint density at radius 2 is 2.15 bits per heavy atom. The summed E-state index contributed by atoms with van der Waals surface area (Å²) in [6, 6.07) is 1.40. The Balaban J connectivity index is 1.72. The van der Waals surface area contributed by atoms with E-state index in [0.29, 0.717) is 0 Å². The highest BCUT2D eigenvalue weighted by Crippen LogP contribution is 2.40. The van der Waals surface area contributed by atoms with E-state index in [4.69, 9.17) is 0 Å². The van der Waals surface area contributed by atoms with Crippen LogP contribution < -0.4 is 10.8 Å². The number of carbonyl (C=O) groups is 4. The van der Waals surface area contributed by atoms with Gasteiger partial charge >= 0.3 is 5.97 Å². The molecule has 3 rings (SSSR count). The summed E-state index contributed by atoms with van der Waals surface area (Å²) in [6.07, 6.45) is 0.151. The quantitative estimate of drug-likeness (QED) is 0.445. The Kier molecular flexibility index (Phi) is 5.30. The van der Waals surface area contributed by atoms with Gasteiger partial charge in [-0.2, -0.15) is 0 Å². The third-order valence-corrected chi connectivity index (χ3v) is 5.95. The van der Waals surface area contributed by atoms with Crippen molar-refractivity contribution >= 4 is 46.8 Å². The van der Waals surface area contributed by atoms with Crippen LogP contribution in [-0.4, -0.2) is 58.3 Å².